The molecule has 0 aromatic heterocycles. The fraction of sp³-hybridized carbons (Fsp3) is 0.667. The molecule has 1 saturated heterocycles. The molecule has 3 heteroatoms. The van der Waals surface area contributed by atoms with Crippen molar-refractivity contribution < 1.29 is 4.74 Å². The van der Waals surface area contributed by atoms with Gasteiger partial charge in [-0.3, -0.25) is 4.90 Å². The highest BCUT2D eigenvalue weighted by atomic mass is 16.5. The highest BCUT2D eigenvalue weighted by molar-refractivity contribution is 5.22. The van der Waals surface area contributed by atoms with Gasteiger partial charge in [0.25, 0.3) is 0 Å². The molecule has 0 unspecified atom stereocenters. The van der Waals surface area contributed by atoms with E-state index in [1.807, 2.05) is 0 Å². The number of nitrogens with one attached hydrogen (secondary N) is 1. The summed E-state index contributed by atoms with van der Waals surface area (Å²) >= 11 is 0. The predicted octanol–water partition coefficient (Wildman–Crippen LogP) is 2.84. The maximum absolute atomic E-state index is 5.79. The average molecular weight is 290 g/mol. The van der Waals surface area contributed by atoms with Crippen LogP contribution in [-0.4, -0.2) is 43.3 Å². The third-order valence-electron chi connectivity index (χ3n) is 3.94. The Kier molecular flexibility index (Phi) is 6.68. The SMILES string of the molecule is CCCNCCc1ccc(CN2C[C@@H](C)O[C@@H](C)C2)cc1. The van der Waals surface area contributed by atoms with E-state index in [0.29, 0.717) is 12.2 Å². The molecule has 21 heavy (non-hydrogen) atoms. The standard InChI is InChI=1S/C18H30N2O/c1-4-10-19-11-9-17-5-7-18(8-6-17)14-20-12-15(2)21-16(3)13-20/h5-8,15-16,19H,4,9-14H2,1-3H3/t15-,16+. The van der Waals surface area contributed by atoms with Gasteiger partial charge in [-0.25, -0.2) is 0 Å². The van der Waals surface area contributed by atoms with Gasteiger partial charge in [-0.2, -0.15) is 0 Å². The van der Waals surface area contributed by atoms with Gasteiger partial charge in [-0.15, -0.1) is 0 Å². The molecule has 1 aromatic carbocycles. The molecule has 0 saturated carbocycles. The lowest BCUT2D eigenvalue weighted by Gasteiger charge is -2.35. The molecule has 2 atom stereocenters. The lowest BCUT2D eigenvalue weighted by molar-refractivity contribution is -0.0704. The zero-order valence-corrected chi connectivity index (χ0v) is 13.8. The van der Waals surface area contributed by atoms with Crippen molar-refractivity contribution in [1.29, 1.82) is 0 Å². The summed E-state index contributed by atoms with van der Waals surface area (Å²) in [5.41, 5.74) is 2.83. The van der Waals surface area contributed by atoms with E-state index in [2.05, 4.69) is 55.3 Å². The van der Waals surface area contributed by atoms with Crippen molar-refractivity contribution in [2.45, 2.75) is 52.4 Å². The maximum atomic E-state index is 5.79. The highest BCUT2D eigenvalue weighted by Crippen LogP contribution is 2.14. The zero-order valence-electron chi connectivity index (χ0n) is 13.8. The van der Waals surface area contributed by atoms with Gasteiger partial charge in [0.1, 0.15) is 0 Å². The van der Waals surface area contributed by atoms with Gasteiger partial charge in [0.2, 0.25) is 0 Å². The van der Waals surface area contributed by atoms with Crippen molar-refractivity contribution >= 4 is 0 Å². The summed E-state index contributed by atoms with van der Waals surface area (Å²) in [4.78, 5) is 2.50. The largest absolute Gasteiger partial charge is 0.373 e. The van der Waals surface area contributed by atoms with Crippen molar-refractivity contribution in [3.05, 3.63) is 35.4 Å². The first-order chi connectivity index (χ1) is 10.2. The second kappa shape index (κ2) is 8.52. The summed E-state index contributed by atoms with van der Waals surface area (Å²) in [6, 6.07) is 9.10. The smallest absolute Gasteiger partial charge is 0.0678 e. The molecule has 1 aliphatic rings. The first-order valence-corrected chi connectivity index (χ1v) is 8.33. The van der Waals surface area contributed by atoms with E-state index in [1.54, 1.807) is 0 Å². The topological polar surface area (TPSA) is 24.5 Å². The van der Waals surface area contributed by atoms with E-state index in [1.165, 1.54) is 17.5 Å². The maximum Gasteiger partial charge on any atom is 0.0678 e. The monoisotopic (exact) mass is 290 g/mol. The van der Waals surface area contributed by atoms with E-state index < -0.39 is 0 Å². The van der Waals surface area contributed by atoms with E-state index >= 15 is 0 Å². The Balaban J connectivity index is 1.79. The number of rotatable bonds is 7. The van der Waals surface area contributed by atoms with Crippen molar-refractivity contribution in [2.24, 2.45) is 0 Å². The summed E-state index contributed by atoms with van der Waals surface area (Å²) in [7, 11) is 0. The molecule has 1 heterocycles. The number of ether oxygens (including phenoxy) is 1. The van der Waals surface area contributed by atoms with Gasteiger partial charge in [-0.1, -0.05) is 31.2 Å². The van der Waals surface area contributed by atoms with Gasteiger partial charge in [-0.05, 0) is 50.9 Å². The van der Waals surface area contributed by atoms with Gasteiger partial charge >= 0.3 is 0 Å². The normalized spacial score (nSPS) is 23.4. The molecular weight excluding hydrogens is 260 g/mol. The van der Waals surface area contributed by atoms with Gasteiger partial charge in [0.05, 0.1) is 12.2 Å². The highest BCUT2D eigenvalue weighted by Gasteiger charge is 2.21. The van der Waals surface area contributed by atoms with Crippen LogP contribution in [0.4, 0.5) is 0 Å². The van der Waals surface area contributed by atoms with Crippen molar-refractivity contribution in [3.63, 3.8) is 0 Å². The third kappa shape index (κ3) is 5.77. The molecule has 0 radical (unpaired) electrons. The van der Waals surface area contributed by atoms with Crippen LogP contribution < -0.4 is 5.32 Å². The van der Waals surface area contributed by atoms with Crippen LogP contribution in [0.5, 0.6) is 0 Å². The van der Waals surface area contributed by atoms with Crippen molar-refractivity contribution in [1.82, 2.24) is 10.2 Å². The molecule has 1 aliphatic heterocycles. The summed E-state index contributed by atoms with van der Waals surface area (Å²) in [5, 5.41) is 3.45. The fourth-order valence-electron chi connectivity index (χ4n) is 3.02. The number of morpholine rings is 1. The lowest BCUT2D eigenvalue weighted by Crippen LogP contribution is -2.44. The minimum atomic E-state index is 0.345. The Hall–Kier alpha value is -0.900. The lowest BCUT2D eigenvalue weighted by atomic mass is 10.1. The summed E-state index contributed by atoms with van der Waals surface area (Å²) < 4.78 is 5.79. The second-order valence-electron chi connectivity index (χ2n) is 6.27. The first kappa shape index (κ1) is 16.5. The Morgan fingerprint density at radius 1 is 1.05 bits per heavy atom. The molecular formula is C18H30N2O. The van der Waals surface area contributed by atoms with E-state index in [9.17, 15) is 0 Å². The Morgan fingerprint density at radius 3 is 2.29 bits per heavy atom. The summed E-state index contributed by atoms with van der Waals surface area (Å²) in [6.07, 6.45) is 3.01. The minimum absolute atomic E-state index is 0.345. The van der Waals surface area contributed by atoms with Crippen LogP contribution >= 0.6 is 0 Å². The average Bonchev–Trinajstić information content (AvgIpc) is 2.44. The quantitative estimate of drug-likeness (QED) is 0.782. The number of hydrogen-bond donors (Lipinski definition) is 1. The molecule has 0 spiro atoms. The zero-order chi connectivity index (χ0) is 15.1. The molecule has 1 fully saturated rings. The number of benzene rings is 1. The molecule has 0 bridgehead atoms. The van der Waals surface area contributed by atoms with Gasteiger partial charge < -0.3 is 10.1 Å². The van der Waals surface area contributed by atoms with Crippen molar-refractivity contribution in [2.75, 3.05) is 26.2 Å². The van der Waals surface area contributed by atoms with Crippen LogP contribution in [-0.2, 0) is 17.7 Å². The molecule has 2 rings (SSSR count). The van der Waals surface area contributed by atoms with E-state index in [-0.39, 0.29) is 0 Å². The van der Waals surface area contributed by atoms with Crippen LogP contribution in [0, 0.1) is 0 Å². The summed E-state index contributed by atoms with van der Waals surface area (Å²) in [5.74, 6) is 0. The minimum Gasteiger partial charge on any atom is -0.373 e. The molecule has 1 aromatic rings. The molecule has 0 amide bonds. The van der Waals surface area contributed by atoms with Gasteiger partial charge in [0.15, 0.2) is 0 Å². The van der Waals surface area contributed by atoms with Gasteiger partial charge in [0, 0.05) is 19.6 Å². The number of hydrogen-bond acceptors (Lipinski definition) is 3. The van der Waals surface area contributed by atoms with Crippen LogP contribution in [0.25, 0.3) is 0 Å². The molecule has 3 nitrogen and oxygen atoms in total. The second-order valence-corrected chi connectivity index (χ2v) is 6.27. The predicted molar refractivity (Wildman–Crippen MR) is 88.6 cm³/mol. The van der Waals surface area contributed by atoms with Crippen LogP contribution in [0.2, 0.25) is 0 Å². The van der Waals surface area contributed by atoms with E-state index in [0.717, 1.165) is 39.1 Å². The molecule has 118 valence electrons. The molecule has 0 aliphatic carbocycles. The van der Waals surface area contributed by atoms with E-state index in [4.69, 9.17) is 4.74 Å². The Labute approximate surface area is 129 Å². The van der Waals surface area contributed by atoms with Crippen LogP contribution in [0.15, 0.2) is 24.3 Å². The van der Waals surface area contributed by atoms with Crippen LogP contribution in [0.3, 0.4) is 0 Å². The molecule has 1 N–H and O–H groups in total. The third-order valence-corrected chi connectivity index (χ3v) is 3.94. The first-order valence-electron chi connectivity index (χ1n) is 8.33. The van der Waals surface area contributed by atoms with Crippen LogP contribution in [0.1, 0.15) is 38.3 Å². The summed E-state index contributed by atoms with van der Waals surface area (Å²) in [6.45, 7) is 11.8. The Morgan fingerprint density at radius 2 is 1.67 bits per heavy atom. The number of nitrogens with zero attached hydrogens (tertiary/aromatic N) is 1. The Bertz CT molecular complexity index is 394. The fourth-order valence-corrected chi connectivity index (χ4v) is 3.02. The van der Waals surface area contributed by atoms with Crippen molar-refractivity contribution in [3.8, 4) is 0 Å².